The monoisotopic (exact) mass is 540 g/mol. The van der Waals surface area contributed by atoms with Gasteiger partial charge in [-0.15, -0.1) is 0 Å². The van der Waals surface area contributed by atoms with Crippen molar-refractivity contribution < 1.29 is 32.2 Å². The van der Waals surface area contributed by atoms with E-state index in [0.717, 1.165) is 5.56 Å². The molecule has 11 nitrogen and oxygen atoms in total. The van der Waals surface area contributed by atoms with Crippen LogP contribution in [0, 0.1) is 0 Å². The number of hydrogen-bond donors (Lipinski definition) is 1. The molecule has 0 atom stereocenters. The lowest BCUT2D eigenvalue weighted by Gasteiger charge is -2.35. The van der Waals surface area contributed by atoms with E-state index < -0.39 is 10.0 Å². The summed E-state index contributed by atoms with van der Waals surface area (Å²) < 4.78 is 49.5. The van der Waals surface area contributed by atoms with Crippen LogP contribution < -0.4 is 29.2 Å². The topological polar surface area (TPSA) is 120 Å². The van der Waals surface area contributed by atoms with E-state index in [1.165, 1.54) is 24.6 Å². The molecule has 0 saturated carbocycles. The largest absolute Gasteiger partial charge is 0.497 e. The minimum absolute atomic E-state index is 0.0502. The Kier molecular flexibility index (Phi) is 7.25. The number of amides is 1. The van der Waals surface area contributed by atoms with Gasteiger partial charge in [-0.05, 0) is 42.0 Å². The number of anilines is 1. The van der Waals surface area contributed by atoms with E-state index in [1.54, 1.807) is 30.5 Å². The summed E-state index contributed by atoms with van der Waals surface area (Å²) in [7, 11) is -0.922. The highest BCUT2D eigenvalue weighted by molar-refractivity contribution is 7.89. The van der Waals surface area contributed by atoms with Crippen LogP contribution in [0.15, 0.2) is 59.6 Å². The highest BCUT2D eigenvalue weighted by Crippen LogP contribution is 2.33. The van der Waals surface area contributed by atoms with Crippen molar-refractivity contribution in [2.45, 2.75) is 11.4 Å². The van der Waals surface area contributed by atoms with Crippen LogP contribution in [-0.2, 0) is 16.6 Å². The Hall–Kier alpha value is -4.03. The van der Waals surface area contributed by atoms with E-state index in [0.29, 0.717) is 48.3 Å². The molecule has 1 fully saturated rings. The van der Waals surface area contributed by atoms with Gasteiger partial charge in [-0.3, -0.25) is 4.79 Å². The summed E-state index contributed by atoms with van der Waals surface area (Å²) >= 11 is 0. The molecule has 3 heterocycles. The van der Waals surface area contributed by atoms with Crippen LogP contribution in [0.3, 0.4) is 0 Å². The van der Waals surface area contributed by atoms with Crippen LogP contribution in [-0.4, -0.2) is 70.8 Å². The molecule has 0 bridgehead atoms. The zero-order chi connectivity index (χ0) is 26.7. The number of carbonyl (C=O) groups is 1. The Morgan fingerprint density at radius 1 is 1.00 bits per heavy atom. The molecule has 1 aromatic heterocycles. The van der Waals surface area contributed by atoms with Crippen LogP contribution in [0.2, 0.25) is 0 Å². The summed E-state index contributed by atoms with van der Waals surface area (Å²) in [6.07, 6.45) is 1.62. The average molecular weight is 541 g/mol. The van der Waals surface area contributed by atoms with E-state index in [1.807, 2.05) is 23.1 Å². The van der Waals surface area contributed by atoms with E-state index in [9.17, 15) is 13.2 Å². The molecule has 38 heavy (non-hydrogen) atoms. The fraction of sp³-hybridized carbons (Fsp3) is 0.308. The van der Waals surface area contributed by atoms with Gasteiger partial charge in [-0.2, -0.15) is 4.31 Å². The number of rotatable bonds is 8. The molecule has 0 spiro atoms. The summed E-state index contributed by atoms with van der Waals surface area (Å²) in [6.45, 7) is 1.66. The number of sulfonamides is 1. The molecular weight excluding hydrogens is 512 g/mol. The third kappa shape index (κ3) is 5.04. The second-order valence-electron chi connectivity index (χ2n) is 8.65. The normalized spacial score (nSPS) is 15.3. The van der Waals surface area contributed by atoms with Crippen molar-refractivity contribution in [2.75, 3.05) is 52.1 Å². The molecule has 0 radical (unpaired) electrons. The molecule has 5 rings (SSSR count). The maximum Gasteiger partial charge on any atom is 0.255 e. The van der Waals surface area contributed by atoms with Crippen LogP contribution in [0.25, 0.3) is 0 Å². The van der Waals surface area contributed by atoms with Gasteiger partial charge in [-0.1, -0.05) is 6.07 Å². The smallest absolute Gasteiger partial charge is 0.255 e. The van der Waals surface area contributed by atoms with E-state index in [-0.39, 0.29) is 36.4 Å². The average Bonchev–Trinajstić information content (AvgIpc) is 3.43. The third-order valence-electron chi connectivity index (χ3n) is 6.45. The van der Waals surface area contributed by atoms with Crippen molar-refractivity contribution in [1.82, 2.24) is 14.6 Å². The Morgan fingerprint density at radius 2 is 1.79 bits per heavy atom. The van der Waals surface area contributed by atoms with E-state index in [2.05, 4.69) is 10.3 Å². The molecule has 0 unspecified atom stereocenters. The Labute approximate surface area is 220 Å². The molecule has 1 saturated heterocycles. The van der Waals surface area contributed by atoms with Crippen molar-refractivity contribution in [1.29, 1.82) is 0 Å². The molecule has 2 aromatic carbocycles. The highest BCUT2D eigenvalue weighted by Gasteiger charge is 2.32. The van der Waals surface area contributed by atoms with Gasteiger partial charge in [0.05, 0.1) is 19.8 Å². The first-order valence-electron chi connectivity index (χ1n) is 12.0. The summed E-state index contributed by atoms with van der Waals surface area (Å²) in [5, 5.41) is 2.93. The van der Waals surface area contributed by atoms with Crippen molar-refractivity contribution in [3.8, 4) is 23.0 Å². The lowest BCUT2D eigenvalue weighted by atomic mass is 10.1. The predicted molar refractivity (Wildman–Crippen MR) is 138 cm³/mol. The van der Waals surface area contributed by atoms with Crippen LogP contribution >= 0.6 is 0 Å². The lowest BCUT2D eigenvalue weighted by Crippen LogP contribution is -2.49. The Bertz CT molecular complexity index is 1440. The standard InChI is InChI=1S/C26H28N4O7S/c1-34-19-6-8-22(35-2)24(15-19)38(32,33)30-12-10-29(11-13-30)25-20(4-3-9-27-25)26(31)28-16-18-5-7-21-23(14-18)37-17-36-21/h3-9,14-15H,10-13,16-17H2,1-2H3,(H,28,31). The van der Waals surface area contributed by atoms with Crippen molar-refractivity contribution in [3.05, 3.63) is 65.9 Å². The molecule has 3 aromatic rings. The predicted octanol–water partition coefficient (Wildman–Crippen LogP) is 2.27. The Balaban J connectivity index is 1.27. The molecule has 12 heteroatoms. The molecule has 2 aliphatic heterocycles. The molecule has 200 valence electrons. The molecular formula is C26H28N4O7S. The zero-order valence-corrected chi connectivity index (χ0v) is 21.9. The van der Waals surface area contributed by atoms with Gasteiger partial charge in [0.1, 0.15) is 22.2 Å². The highest BCUT2D eigenvalue weighted by atomic mass is 32.2. The number of nitrogens with zero attached hydrogens (tertiary/aromatic N) is 3. The summed E-state index contributed by atoms with van der Waals surface area (Å²) in [6, 6.07) is 13.6. The first kappa shape index (κ1) is 25.6. The number of hydrogen-bond acceptors (Lipinski definition) is 9. The maximum absolute atomic E-state index is 13.4. The number of fused-ring (bicyclic) bond motifs is 1. The second kappa shape index (κ2) is 10.8. The minimum Gasteiger partial charge on any atom is -0.497 e. The van der Waals surface area contributed by atoms with Gasteiger partial charge in [0.2, 0.25) is 16.8 Å². The number of methoxy groups -OCH3 is 2. The van der Waals surface area contributed by atoms with Gasteiger partial charge in [0, 0.05) is 45.0 Å². The van der Waals surface area contributed by atoms with Crippen molar-refractivity contribution >= 4 is 21.7 Å². The molecule has 1 N–H and O–H groups in total. The number of nitrogens with one attached hydrogen (secondary N) is 1. The third-order valence-corrected chi connectivity index (χ3v) is 8.37. The second-order valence-corrected chi connectivity index (χ2v) is 10.6. The molecule has 2 aliphatic rings. The maximum atomic E-state index is 13.4. The minimum atomic E-state index is -3.83. The number of ether oxygens (including phenoxy) is 4. The van der Waals surface area contributed by atoms with Crippen LogP contribution in [0.1, 0.15) is 15.9 Å². The van der Waals surface area contributed by atoms with Gasteiger partial charge in [-0.25, -0.2) is 13.4 Å². The summed E-state index contributed by atoms with van der Waals surface area (Å²) in [5.41, 5.74) is 1.29. The van der Waals surface area contributed by atoms with Gasteiger partial charge in [0.15, 0.2) is 11.5 Å². The quantitative estimate of drug-likeness (QED) is 0.459. The SMILES string of the molecule is COc1ccc(OC)c(S(=O)(=O)N2CCN(c3ncccc3C(=O)NCc3ccc4c(c3)OCO4)CC2)c1. The van der Waals surface area contributed by atoms with E-state index >= 15 is 0 Å². The number of aromatic nitrogens is 1. The fourth-order valence-corrected chi connectivity index (χ4v) is 6.01. The van der Waals surface area contributed by atoms with Gasteiger partial charge < -0.3 is 29.2 Å². The molecule has 1 amide bonds. The van der Waals surface area contributed by atoms with Gasteiger partial charge >= 0.3 is 0 Å². The number of benzene rings is 2. The Morgan fingerprint density at radius 3 is 2.55 bits per heavy atom. The summed E-state index contributed by atoms with van der Waals surface area (Å²) in [4.78, 5) is 19.5. The fourth-order valence-electron chi connectivity index (χ4n) is 4.42. The number of pyridine rings is 1. The van der Waals surface area contributed by atoms with Crippen molar-refractivity contribution in [2.24, 2.45) is 0 Å². The van der Waals surface area contributed by atoms with E-state index in [4.69, 9.17) is 18.9 Å². The molecule has 0 aliphatic carbocycles. The summed E-state index contributed by atoms with van der Waals surface area (Å²) in [5.74, 6) is 2.24. The first-order valence-corrected chi connectivity index (χ1v) is 13.4. The lowest BCUT2D eigenvalue weighted by molar-refractivity contribution is 0.0950. The number of carbonyl (C=O) groups excluding carboxylic acids is 1. The van der Waals surface area contributed by atoms with Crippen LogP contribution in [0.4, 0.5) is 5.82 Å². The van der Waals surface area contributed by atoms with Crippen LogP contribution in [0.5, 0.6) is 23.0 Å². The number of piperazine rings is 1. The van der Waals surface area contributed by atoms with Gasteiger partial charge in [0.25, 0.3) is 5.91 Å². The van der Waals surface area contributed by atoms with Crippen molar-refractivity contribution in [3.63, 3.8) is 0 Å². The zero-order valence-electron chi connectivity index (χ0n) is 21.0. The first-order chi connectivity index (χ1) is 18.4.